The van der Waals surface area contributed by atoms with Crippen LogP contribution in [0.15, 0.2) is 206 Å². The smallest absolute Gasteiger partial charge is 0.165 e. The predicted molar refractivity (Wildman–Crippen MR) is 261 cm³/mol. The second-order valence-electron chi connectivity index (χ2n) is 15.9. The van der Waals surface area contributed by atoms with Gasteiger partial charge in [-0.1, -0.05) is 170 Å². The van der Waals surface area contributed by atoms with Crippen LogP contribution in [0.2, 0.25) is 0 Å². The van der Waals surface area contributed by atoms with E-state index in [4.69, 9.17) is 15.0 Å². The molecule has 0 aliphatic rings. The Morgan fingerprint density at radius 1 is 0.339 bits per heavy atom. The van der Waals surface area contributed by atoms with Gasteiger partial charge in [0.05, 0.1) is 11.0 Å². The third-order valence-corrected chi connectivity index (χ3v) is 13.6. The Labute approximate surface area is 360 Å². The van der Waals surface area contributed by atoms with Crippen LogP contribution >= 0.6 is 11.3 Å². The molecule has 0 aliphatic heterocycles. The number of thiophene rings is 1. The summed E-state index contributed by atoms with van der Waals surface area (Å²) in [5.41, 5.74) is 8.84. The first kappa shape index (κ1) is 34.8. The van der Waals surface area contributed by atoms with E-state index in [1.807, 2.05) is 18.2 Å². The second-order valence-corrected chi connectivity index (χ2v) is 17.0. The summed E-state index contributed by atoms with van der Waals surface area (Å²) in [5.74, 6) is 1.97. The molecule has 13 aromatic rings. The maximum atomic E-state index is 5.22. The zero-order valence-corrected chi connectivity index (χ0v) is 34.1. The molecule has 4 nitrogen and oxygen atoms in total. The lowest BCUT2D eigenvalue weighted by molar-refractivity contribution is 1.08. The van der Waals surface area contributed by atoms with Gasteiger partial charge in [-0.25, -0.2) is 15.0 Å². The quantitative estimate of drug-likeness (QED) is 0.174. The molecule has 3 heterocycles. The fourth-order valence-corrected chi connectivity index (χ4v) is 10.8. The molecule has 3 aromatic heterocycles. The average molecular weight is 807 g/mol. The molecule has 0 saturated carbocycles. The van der Waals surface area contributed by atoms with E-state index in [2.05, 4.69) is 193 Å². The summed E-state index contributed by atoms with van der Waals surface area (Å²) in [5, 5.41) is 12.3. The molecule has 10 aromatic carbocycles. The van der Waals surface area contributed by atoms with Crippen molar-refractivity contribution in [3.05, 3.63) is 206 Å². The molecule has 0 fully saturated rings. The molecule has 0 aliphatic carbocycles. The van der Waals surface area contributed by atoms with E-state index in [0.29, 0.717) is 17.5 Å². The summed E-state index contributed by atoms with van der Waals surface area (Å²) in [7, 11) is 0. The molecule has 13 rings (SSSR count). The molecule has 288 valence electrons. The van der Waals surface area contributed by atoms with Crippen molar-refractivity contribution < 1.29 is 0 Å². The van der Waals surface area contributed by atoms with Gasteiger partial charge in [0, 0.05) is 53.3 Å². The second kappa shape index (κ2) is 13.8. The Hall–Kier alpha value is -7.99. The lowest BCUT2D eigenvalue weighted by Gasteiger charge is -2.12. The van der Waals surface area contributed by atoms with E-state index >= 15 is 0 Å². The van der Waals surface area contributed by atoms with Crippen LogP contribution in [-0.4, -0.2) is 19.5 Å². The molecule has 0 bridgehead atoms. The van der Waals surface area contributed by atoms with Crippen molar-refractivity contribution in [2.24, 2.45) is 0 Å². The Morgan fingerprint density at radius 2 is 0.968 bits per heavy atom. The van der Waals surface area contributed by atoms with Gasteiger partial charge in [-0.05, 0) is 79.8 Å². The van der Waals surface area contributed by atoms with Crippen molar-refractivity contribution in [3.8, 4) is 51.0 Å². The fourth-order valence-electron chi connectivity index (χ4n) is 9.55. The van der Waals surface area contributed by atoms with Gasteiger partial charge in [0.2, 0.25) is 0 Å². The largest absolute Gasteiger partial charge is 0.309 e. The van der Waals surface area contributed by atoms with Crippen molar-refractivity contribution >= 4 is 85.6 Å². The summed E-state index contributed by atoms with van der Waals surface area (Å²) < 4.78 is 4.84. The molecule has 0 unspecified atom stereocenters. The van der Waals surface area contributed by atoms with Crippen molar-refractivity contribution in [2.45, 2.75) is 0 Å². The number of aromatic nitrogens is 4. The van der Waals surface area contributed by atoms with Crippen LogP contribution in [0.1, 0.15) is 0 Å². The maximum absolute atomic E-state index is 5.22. The molecule has 62 heavy (non-hydrogen) atoms. The molecule has 0 N–H and O–H groups in total. The average Bonchev–Trinajstić information content (AvgIpc) is 3.90. The zero-order chi connectivity index (χ0) is 40.7. The van der Waals surface area contributed by atoms with Crippen molar-refractivity contribution in [3.63, 3.8) is 0 Å². The molecular formula is C57H34N4S. The monoisotopic (exact) mass is 806 g/mol. The summed E-state index contributed by atoms with van der Waals surface area (Å²) in [6, 6.07) is 74.0. The highest BCUT2D eigenvalue weighted by atomic mass is 32.1. The molecule has 0 atom stereocenters. The van der Waals surface area contributed by atoms with Gasteiger partial charge in [0.25, 0.3) is 0 Å². The number of rotatable bonds is 5. The van der Waals surface area contributed by atoms with Crippen LogP contribution in [-0.2, 0) is 0 Å². The highest BCUT2D eigenvalue weighted by Gasteiger charge is 2.22. The molecule has 0 spiro atoms. The van der Waals surface area contributed by atoms with Gasteiger partial charge in [0.15, 0.2) is 17.5 Å². The Bertz CT molecular complexity index is 3920. The number of fused-ring (bicyclic) bond motifs is 11. The summed E-state index contributed by atoms with van der Waals surface area (Å²) >= 11 is 1.80. The fraction of sp³-hybridized carbons (Fsp3) is 0. The van der Waals surface area contributed by atoms with E-state index in [9.17, 15) is 0 Å². The van der Waals surface area contributed by atoms with Crippen LogP contribution in [0.4, 0.5) is 0 Å². The van der Waals surface area contributed by atoms with Crippen LogP contribution in [0.25, 0.3) is 125 Å². The first-order valence-corrected chi connectivity index (χ1v) is 21.7. The minimum absolute atomic E-state index is 0.653. The minimum atomic E-state index is 0.653. The van der Waals surface area contributed by atoms with Gasteiger partial charge >= 0.3 is 0 Å². The van der Waals surface area contributed by atoms with E-state index in [0.717, 1.165) is 32.5 Å². The predicted octanol–water partition coefficient (Wildman–Crippen LogP) is 15.5. The van der Waals surface area contributed by atoms with E-state index < -0.39 is 0 Å². The third kappa shape index (κ3) is 5.42. The van der Waals surface area contributed by atoms with Crippen molar-refractivity contribution in [1.29, 1.82) is 0 Å². The normalized spacial score (nSPS) is 11.9. The van der Waals surface area contributed by atoms with Crippen LogP contribution in [0, 0.1) is 0 Å². The first-order valence-electron chi connectivity index (χ1n) is 20.9. The third-order valence-electron chi connectivity index (χ3n) is 12.4. The standard InChI is InChI=1S/C57H34N4S/c1-3-15-36(16-4-1)48-34-50-53(45-23-12-11-22-43(45)48)52-42-21-10-9-17-37(42)28-31-49(52)61(50)41-29-30-44-46-24-13-25-47(54(46)62-51(44)33-41)57-59-55(38-18-5-2-6-19-38)58-56(60-57)40-27-26-35-14-7-8-20-39(35)32-40/h1-34H. The highest BCUT2D eigenvalue weighted by molar-refractivity contribution is 7.26. The number of benzene rings is 10. The zero-order valence-electron chi connectivity index (χ0n) is 33.3. The van der Waals surface area contributed by atoms with E-state index in [1.165, 1.54) is 75.3 Å². The lowest BCUT2D eigenvalue weighted by atomic mass is 9.94. The summed E-state index contributed by atoms with van der Waals surface area (Å²) in [6.45, 7) is 0. The number of hydrogen-bond acceptors (Lipinski definition) is 4. The first-order chi connectivity index (χ1) is 30.7. The van der Waals surface area contributed by atoms with E-state index in [1.54, 1.807) is 11.3 Å². The molecule has 0 amide bonds. The highest BCUT2D eigenvalue weighted by Crippen LogP contribution is 2.46. The topological polar surface area (TPSA) is 43.6 Å². The Kier molecular flexibility index (Phi) is 7.74. The Balaban J connectivity index is 1.04. The van der Waals surface area contributed by atoms with E-state index in [-0.39, 0.29) is 0 Å². The number of nitrogens with zero attached hydrogens (tertiary/aromatic N) is 4. The molecule has 5 heteroatoms. The lowest BCUT2D eigenvalue weighted by Crippen LogP contribution is -2.00. The van der Waals surface area contributed by atoms with Gasteiger partial charge < -0.3 is 4.57 Å². The number of hydrogen-bond donors (Lipinski definition) is 0. The van der Waals surface area contributed by atoms with Gasteiger partial charge in [-0.3, -0.25) is 0 Å². The summed E-state index contributed by atoms with van der Waals surface area (Å²) in [4.78, 5) is 15.4. The van der Waals surface area contributed by atoms with Crippen LogP contribution < -0.4 is 0 Å². The maximum Gasteiger partial charge on any atom is 0.165 e. The van der Waals surface area contributed by atoms with Crippen LogP contribution in [0.3, 0.4) is 0 Å². The van der Waals surface area contributed by atoms with Gasteiger partial charge in [-0.15, -0.1) is 11.3 Å². The SMILES string of the molecule is c1ccc(-c2nc(-c3ccc4ccccc4c3)nc(-c3cccc4c3sc3cc(-n5c6ccc7ccccc7c6c6c7ccccc7c(-c7ccccc7)cc65)ccc34)n2)cc1. The van der Waals surface area contributed by atoms with Gasteiger partial charge in [-0.2, -0.15) is 0 Å². The molecule has 0 saturated heterocycles. The van der Waals surface area contributed by atoms with Gasteiger partial charge in [0.1, 0.15) is 0 Å². The molecular weight excluding hydrogens is 773 g/mol. The van der Waals surface area contributed by atoms with Crippen molar-refractivity contribution in [1.82, 2.24) is 19.5 Å². The van der Waals surface area contributed by atoms with Crippen LogP contribution in [0.5, 0.6) is 0 Å². The minimum Gasteiger partial charge on any atom is -0.309 e. The van der Waals surface area contributed by atoms with Crippen molar-refractivity contribution in [2.75, 3.05) is 0 Å². The molecule has 0 radical (unpaired) electrons. The summed E-state index contributed by atoms with van der Waals surface area (Å²) in [6.07, 6.45) is 0. The Morgan fingerprint density at radius 3 is 1.79 bits per heavy atom.